The molecule has 0 spiro atoms. The lowest BCUT2D eigenvalue weighted by molar-refractivity contribution is 0.352. The molecule has 1 aliphatic rings. The molecule has 1 saturated heterocycles. The summed E-state index contributed by atoms with van der Waals surface area (Å²) in [5.74, 6) is 0. The number of thioether (sulfide) groups is 1. The number of likely N-dealkylation sites (tertiary alicyclic amines) is 1. The van der Waals surface area contributed by atoms with E-state index in [0.717, 1.165) is 6.54 Å². The first-order valence-corrected chi connectivity index (χ1v) is 7.21. The van der Waals surface area contributed by atoms with Gasteiger partial charge in [0.05, 0.1) is 0 Å². The summed E-state index contributed by atoms with van der Waals surface area (Å²) in [6.07, 6.45) is 4.87. The Morgan fingerprint density at radius 2 is 2.12 bits per heavy atom. The number of nitrogens with one attached hydrogen (secondary N) is 1. The zero-order valence-electron chi connectivity index (χ0n) is 9.91. The average Bonchev–Trinajstić information content (AvgIpc) is 2.82. The van der Waals surface area contributed by atoms with Crippen LogP contribution in [0.2, 0.25) is 0 Å². The van der Waals surface area contributed by atoms with Crippen molar-refractivity contribution in [2.45, 2.75) is 17.7 Å². The summed E-state index contributed by atoms with van der Waals surface area (Å²) >= 11 is 1.79. The summed E-state index contributed by atoms with van der Waals surface area (Å²) in [4.78, 5) is 3.86. The van der Waals surface area contributed by atoms with Gasteiger partial charge in [0.2, 0.25) is 0 Å². The van der Waals surface area contributed by atoms with Gasteiger partial charge in [-0.05, 0) is 50.4 Å². The van der Waals surface area contributed by atoms with Crippen molar-refractivity contribution < 1.29 is 0 Å². The minimum atomic E-state index is 1.05. The first-order valence-electron chi connectivity index (χ1n) is 5.99. The summed E-state index contributed by atoms with van der Waals surface area (Å²) in [6.45, 7) is 4.79. The third-order valence-electron chi connectivity index (χ3n) is 3.03. The quantitative estimate of drug-likeness (QED) is 0.791. The van der Waals surface area contributed by atoms with Crippen LogP contribution in [0.15, 0.2) is 29.2 Å². The molecule has 1 heterocycles. The van der Waals surface area contributed by atoms with Gasteiger partial charge in [-0.3, -0.25) is 0 Å². The van der Waals surface area contributed by atoms with Gasteiger partial charge in [0.15, 0.2) is 0 Å². The molecule has 0 saturated carbocycles. The summed E-state index contributed by atoms with van der Waals surface area (Å²) in [7, 11) is 0. The SMILES string of the molecule is CSc1cccc(NCCN2CCCC2)c1. The lowest BCUT2D eigenvalue weighted by Crippen LogP contribution is -2.25. The van der Waals surface area contributed by atoms with Crippen molar-refractivity contribution in [1.82, 2.24) is 4.90 Å². The molecule has 0 aromatic heterocycles. The van der Waals surface area contributed by atoms with Crippen molar-refractivity contribution in [2.75, 3.05) is 37.8 Å². The molecular weight excluding hydrogens is 216 g/mol. The van der Waals surface area contributed by atoms with E-state index >= 15 is 0 Å². The Hall–Kier alpha value is -0.670. The lowest BCUT2D eigenvalue weighted by Gasteiger charge is -2.15. The van der Waals surface area contributed by atoms with Crippen LogP contribution in [0, 0.1) is 0 Å². The van der Waals surface area contributed by atoms with Crippen molar-refractivity contribution in [2.24, 2.45) is 0 Å². The van der Waals surface area contributed by atoms with E-state index in [9.17, 15) is 0 Å². The predicted octanol–water partition coefficient (Wildman–Crippen LogP) is 2.92. The lowest BCUT2D eigenvalue weighted by atomic mass is 10.3. The maximum Gasteiger partial charge on any atom is 0.0351 e. The number of hydrogen-bond acceptors (Lipinski definition) is 3. The molecule has 88 valence electrons. The Kier molecular flexibility index (Phi) is 4.55. The van der Waals surface area contributed by atoms with E-state index < -0.39 is 0 Å². The summed E-state index contributed by atoms with van der Waals surface area (Å²) in [5.41, 5.74) is 1.24. The number of hydrogen-bond donors (Lipinski definition) is 1. The normalized spacial score (nSPS) is 16.6. The molecule has 0 bridgehead atoms. The van der Waals surface area contributed by atoms with Gasteiger partial charge >= 0.3 is 0 Å². The standard InChI is InChI=1S/C13H20N2S/c1-16-13-6-4-5-12(11-13)14-7-10-15-8-2-3-9-15/h4-6,11,14H,2-3,7-10H2,1H3. The van der Waals surface area contributed by atoms with E-state index in [0.29, 0.717) is 0 Å². The van der Waals surface area contributed by atoms with E-state index in [4.69, 9.17) is 0 Å². The molecule has 0 radical (unpaired) electrons. The second-order valence-electron chi connectivity index (χ2n) is 4.21. The van der Waals surface area contributed by atoms with Gasteiger partial charge in [-0.2, -0.15) is 0 Å². The Morgan fingerprint density at radius 3 is 2.88 bits per heavy atom. The van der Waals surface area contributed by atoms with E-state index in [1.165, 1.54) is 43.1 Å². The third kappa shape index (κ3) is 3.42. The van der Waals surface area contributed by atoms with Gasteiger partial charge in [-0.15, -0.1) is 11.8 Å². The number of rotatable bonds is 5. The minimum absolute atomic E-state index is 1.05. The molecule has 16 heavy (non-hydrogen) atoms. The topological polar surface area (TPSA) is 15.3 Å². The van der Waals surface area contributed by atoms with E-state index in [-0.39, 0.29) is 0 Å². The van der Waals surface area contributed by atoms with Crippen molar-refractivity contribution in [3.63, 3.8) is 0 Å². The second-order valence-corrected chi connectivity index (χ2v) is 5.09. The fourth-order valence-corrected chi connectivity index (χ4v) is 2.56. The monoisotopic (exact) mass is 236 g/mol. The number of benzene rings is 1. The molecule has 0 aliphatic carbocycles. The minimum Gasteiger partial charge on any atom is -0.384 e. The van der Waals surface area contributed by atoms with Crippen LogP contribution in [0.4, 0.5) is 5.69 Å². The Labute approximate surface area is 102 Å². The molecule has 1 N–H and O–H groups in total. The molecule has 3 heteroatoms. The summed E-state index contributed by atoms with van der Waals surface area (Å²) in [6, 6.07) is 8.62. The smallest absolute Gasteiger partial charge is 0.0351 e. The van der Waals surface area contributed by atoms with Crippen LogP contribution in [0.1, 0.15) is 12.8 Å². The van der Waals surface area contributed by atoms with Crippen molar-refractivity contribution in [1.29, 1.82) is 0 Å². The van der Waals surface area contributed by atoms with Crippen LogP contribution in [0.3, 0.4) is 0 Å². The fourth-order valence-electron chi connectivity index (χ4n) is 2.10. The van der Waals surface area contributed by atoms with Crippen LogP contribution in [-0.4, -0.2) is 37.3 Å². The highest BCUT2D eigenvalue weighted by molar-refractivity contribution is 7.98. The third-order valence-corrected chi connectivity index (χ3v) is 3.75. The molecular formula is C13H20N2S. The Bertz CT molecular complexity index is 321. The van der Waals surface area contributed by atoms with E-state index in [1.54, 1.807) is 11.8 Å². The van der Waals surface area contributed by atoms with Crippen LogP contribution < -0.4 is 5.32 Å². The molecule has 0 amide bonds. The van der Waals surface area contributed by atoms with Crippen molar-refractivity contribution >= 4 is 17.4 Å². The average molecular weight is 236 g/mol. The zero-order chi connectivity index (χ0) is 11.2. The summed E-state index contributed by atoms with van der Waals surface area (Å²) < 4.78 is 0. The van der Waals surface area contributed by atoms with Gasteiger partial charge < -0.3 is 10.2 Å². The molecule has 1 aromatic carbocycles. The molecule has 0 atom stereocenters. The first kappa shape index (κ1) is 11.8. The highest BCUT2D eigenvalue weighted by atomic mass is 32.2. The molecule has 2 nitrogen and oxygen atoms in total. The summed E-state index contributed by atoms with van der Waals surface area (Å²) in [5, 5.41) is 3.49. The van der Waals surface area contributed by atoms with E-state index in [2.05, 4.69) is 40.7 Å². The first-order chi connectivity index (χ1) is 7.88. The van der Waals surface area contributed by atoms with Crippen LogP contribution in [0.5, 0.6) is 0 Å². The van der Waals surface area contributed by atoms with Gasteiger partial charge in [0.25, 0.3) is 0 Å². The van der Waals surface area contributed by atoms with E-state index in [1.807, 2.05) is 0 Å². The highest BCUT2D eigenvalue weighted by Crippen LogP contribution is 2.18. The second kappa shape index (κ2) is 6.16. The van der Waals surface area contributed by atoms with Crippen LogP contribution in [-0.2, 0) is 0 Å². The Morgan fingerprint density at radius 1 is 1.31 bits per heavy atom. The van der Waals surface area contributed by atoms with Crippen LogP contribution >= 0.6 is 11.8 Å². The predicted molar refractivity (Wildman–Crippen MR) is 72.4 cm³/mol. The van der Waals surface area contributed by atoms with Gasteiger partial charge in [-0.25, -0.2) is 0 Å². The number of nitrogens with zero attached hydrogens (tertiary/aromatic N) is 1. The Balaban J connectivity index is 1.75. The zero-order valence-corrected chi connectivity index (χ0v) is 10.7. The highest BCUT2D eigenvalue weighted by Gasteiger charge is 2.09. The number of anilines is 1. The largest absolute Gasteiger partial charge is 0.384 e. The van der Waals surface area contributed by atoms with Crippen molar-refractivity contribution in [3.8, 4) is 0 Å². The van der Waals surface area contributed by atoms with Crippen LogP contribution in [0.25, 0.3) is 0 Å². The van der Waals surface area contributed by atoms with Gasteiger partial charge in [-0.1, -0.05) is 6.07 Å². The molecule has 1 aromatic rings. The fraction of sp³-hybridized carbons (Fsp3) is 0.538. The molecule has 1 aliphatic heterocycles. The maximum atomic E-state index is 3.49. The van der Waals surface area contributed by atoms with Gasteiger partial charge in [0.1, 0.15) is 0 Å². The molecule has 1 fully saturated rings. The van der Waals surface area contributed by atoms with Gasteiger partial charge in [0, 0.05) is 23.7 Å². The molecule has 2 rings (SSSR count). The molecule has 0 unspecified atom stereocenters. The van der Waals surface area contributed by atoms with Crippen molar-refractivity contribution in [3.05, 3.63) is 24.3 Å². The maximum absolute atomic E-state index is 3.49.